The minimum Gasteiger partial charge on any atom is -0.310 e. The zero-order chi connectivity index (χ0) is 52.3. The molecule has 2 heterocycles. The van der Waals surface area contributed by atoms with Crippen LogP contribution in [0.25, 0.3) is 98.4 Å². The van der Waals surface area contributed by atoms with E-state index in [1.807, 2.05) is 0 Å². The molecule has 16 rings (SSSR count). The van der Waals surface area contributed by atoms with Crippen molar-refractivity contribution in [1.82, 2.24) is 9.13 Å². The molecule has 79 heavy (non-hydrogen) atoms. The Morgan fingerprint density at radius 1 is 0.266 bits per heavy atom. The number of anilines is 6. The highest BCUT2D eigenvalue weighted by molar-refractivity contribution is 6.22. The van der Waals surface area contributed by atoms with Crippen molar-refractivity contribution in [3.8, 4) is 22.5 Å². The molecule has 4 heteroatoms. The molecular formula is C75H52N4. The Morgan fingerprint density at radius 3 is 1.22 bits per heavy atom. The van der Waals surface area contributed by atoms with Gasteiger partial charge in [-0.25, -0.2) is 0 Å². The van der Waals surface area contributed by atoms with Crippen LogP contribution in [0.5, 0.6) is 0 Å². The number of hydrogen-bond acceptors (Lipinski definition) is 2. The topological polar surface area (TPSA) is 16.3 Å². The molecule has 0 bridgehead atoms. The molecule has 0 aliphatic heterocycles. The van der Waals surface area contributed by atoms with E-state index in [1.165, 1.54) is 98.2 Å². The Kier molecular flexibility index (Phi) is 9.95. The van der Waals surface area contributed by atoms with Crippen molar-refractivity contribution in [3.63, 3.8) is 0 Å². The molecule has 372 valence electrons. The van der Waals surface area contributed by atoms with Crippen LogP contribution >= 0.6 is 0 Å². The van der Waals surface area contributed by atoms with Gasteiger partial charge in [0.25, 0.3) is 0 Å². The summed E-state index contributed by atoms with van der Waals surface area (Å²) in [7, 11) is 0. The summed E-state index contributed by atoms with van der Waals surface area (Å²) >= 11 is 0. The largest absolute Gasteiger partial charge is 0.310 e. The SMILES string of the molecule is CC1(C)c2c(cc(N(c3ccccc3)c3ccc4c(c3)c3ccccc3n4-c3ccccc3)c3ccccc23)-c2c1c1ccc(N(c3ccccc3)c3ccc4c(c3)c3ccccc3n4-c3ccccc3)cc1c1ccccc21. The molecule has 0 saturated carbocycles. The zero-order valence-corrected chi connectivity index (χ0v) is 43.8. The average Bonchev–Trinajstić information content (AvgIpc) is 4.29. The van der Waals surface area contributed by atoms with Crippen molar-refractivity contribution in [2.45, 2.75) is 19.3 Å². The van der Waals surface area contributed by atoms with Gasteiger partial charge in [0.1, 0.15) is 0 Å². The molecule has 0 fully saturated rings. The summed E-state index contributed by atoms with van der Waals surface area (Å²) in [6, 6.07) is 103. The first kappa shape index (κ1) is 45.1. The number of nitrogens with zero attached hydrogens (tertiary/aromatic N) is 4. The van der Waals surface area contributed by atoms with Crippen LogP contribution in [-0.4, -0.2) is 9.13 Å². The zero-order valence-electron chi connectivity index (χ0n) is 43.8. The second-order valence-corrected chi connectivity index (χ2v) is 21.6. The maximum Gasteiger partial charge on any atom is 0.0546 e. The molecule has 0 saturated heterocycles. The summed E-state index contributed by atoms with van der Waals surface area (Å²) in [4.78, 5) is 4.93. The maximum atomic E-state index is 2.52. The molecule has 0 radical (unpaired) electrons. The molecule has 0 atom stereocenters. The first-order chi connectivity index (χ1) is 39.0. The van der Waals surface area contributed by atoms with Crippen LogP contribution in [0.3, 0.4) is 0 Å². The van der Waals surface area contributed by atoms with Gasteiger partial charge in [-0.1, -0.05) is 178 Å². The Bertz CT molecular complexity index is 4920. The average molecular weight is 1010 g/mol. The van der Waals surface area contributed by atoms with E-state index in [1.54, 1.807) is 0 Å². The van der Waals surface area contributed by atoms with Gasteiger partial charge in [0, 0.05) is 72.2 Å². The lowest BCUT2D eigenvalue weighted by atomic mass is 9.77. The Hall–Kier alpha value is -10.2. The van der Waals surface area contributed by atoms with Crippen LogP contribution in [0.2, 0.25) is 0 Å². The number of aromatic nitrogens is 2. The summed E-state index contributed by atoms with van der Waals surface area (Å²) in [6.07, 6.45) is 0. The van der Waals surface area contributed by atoms with E-state index < -0.39 is 0 Å². The highest BCUT2D eigenvalue weighted by Gasteiger charge is 2.41. The van der Waals surface area contributed by atoms with E-state index in [0.29, 0.717) is 0 Å². The monoisotopic (exact) mass is 1010 g/mol. The molecule has 0 N–H and O–H groups in total. The Labute approximate surface area is 458 Å². The molecular weight excluding hydrogens is 957 g/mol. The molecule has 15 aromatic rings. The second-order valence-electron chi connectivity index (χ2n) is 21.6. The third-order valence-electron chi connectivity index (χ3n) is 16.9. The highest BCUT2D eigenvalue weighted by atomic mass is 15.2. The molecule has 0 unspecified atom stereocenters. The van der Waals surface area contributed by atoms with Gasteiger partial charge in [-0.3, -0.25) is 0 Å². The van der Waals surface area contributed by atoms with Gasteiger partial charge in [0.2, 0.25) is 0 Å². The van der Waals surface area contributed by atoms with Crippen LogP contribution in [0, 0.1) is 0 Å². The van der Waals surface area contributed by atoms with Crippen LogP contribution in [0.4, 0.5) is 34.1 Å². The molecule has 1 aliphatic carbocycles. The van der Waals surface area contributed by atoms with Gasteiger partial charge in [0.05, 0.1) is 27.8 Å². The van der Waals surface area contributed by atoms with Crippen LogP contribution < -0.4 is 9.80 Å². The fourth-order valence-electron chi connectivity index (χ4n) is 13.7. The van der Waals surface area contributed by atoms with Crippen molar-refractivity contribution < 1.29 is 0 Å². The smallest absolute Gasteiger partial charge is 0.0546 e. The number of hydrogen-bond donors (Lipinski definition) is 0. The minimum atomic E-state index is -0.348. The fraction of sp³-hybridized carbons (Fsp3) is 0.0400. The Morgan fingerprint density at radius 2 is 0.658 bits per heavy atom. The molecule has 0 amide bonds. The molecule has 13 aromatic carbocycles. The fourth-order valence-corrected chi connectivity index (χ4v) is 13.7. The van der Waals surface area contributed by atoms with Crippen molar-refractivity contribution in [2.24, 2.45) is 0 Å². The quantitative estimate of drug-likeness (QED) is 0.141. The van der Waals surface area contributed by atoms with Crippen molar-refractivity contribution in [1.29, 1.82) is 0 Å². The van der Waals surface area contributed by atoms with Crippen LogP contribution in [0.1, 0.15) is 25.0 Å². The summed E-state index contributed by atoms with van der Waals surface area (Å²) in [5.74, 6) is 0. The lowest BCUT2D eigenvalue weighted by molar-refractivity contribution is 0.672. The van der Waals surface area contributed by atoms with Crippen LogP contribution in [0.15, 0.2) is 279 Å². The number of benzene rings is 13. The van der Waals surface area contributed by atoms with E-state index >= 15 is 0 Å². The summed E-state index contributed by atoms with van der Waals surface area (Å²) in [5.41, 5.74) is 18.7. The van der Waals surface area contributed by atoms with Gasteiger partial charge in [0.15, 0.2) is 0 Å². The number of fused-ring (bicyclic) bond motifs is 16. The first-order valence-electron chi connectivity index (χ1n) is 27.4. The van der Waals surface area contributed by atoms with Crippen molar-refractivity contribution >= 4 is 110 Å². The van der Waals surface area contributed by atoms with E-state index in [9.17, 15) is 0 Å². The third kappa shape index (κ3) is 6.74. The highest BCUT2D eigenvalue weighted by Crippen LogP contribution is 2.59. The van der Waals surface area contributed by atoms with Crippen molar-refractivity contribution in [2.75, 3.05) is 9.80 Å². The number of rotatable bonds is 8. The van der Waals surface area contributed by atoms with Gasteiger partial charge < -0.3 is 18.9 Å². The van der Waals surface area contributed by atoms with E-state index in [0.717, 1.165) is 45.5 Å². The summed E-state index contributed by atoms with van der Waals surface area (Å²) in [5, 5.41) is 12.4. The number of para-hydroxylation sites is 6. The van der Waals surface area contributed by atoms with Gasteiger partial charge in [-0.05, 0) is 164 Å². The predicted molar refractivity (Wildman–Crippen MR) is 335 cm³/mol. The summed E-state index contributed by atoms with van der Waals surface area (Å²) < 4.78 is 4.79. The van der Waals surface area contributed by atoms with Crippen LogP contribution in [-0.2, 0) is 5.41 Å². The molecule has 0 spiro atoms. The lowest BCUT2D eigenvalue weighted by Gasteiger charge is -2.30. The molecule has 4 nitrogen and oxygen atoms in total. The second kappa shape index (κ2) is 17.4. The van der Waals surface area contributed by atoms with E-state index in [4.69, 9.17) is 0 Å². The standard InChI is InChI=1S/C75H52N4/c1-75(2)73-61-36-18-16-32-57(61)71(77(50-25-9-4-10-26-50)55-41-44-70-65(47-55)59-34-20-22-38-68(59)79(70)52-29-13-6-14-30-52)48-66(73)72-60-35-17-15-31-56(60)63-45-53(39-42-62(63)74(72)75)76(49-23-7-3-8-24-49)54-40-43-69-64(46-54)58-33-19-21-37-67(58)78(69)51-27-11-5-12-28-51/h3-48H,1-2H3. The van der Waals surface area contributed by atoms with E-state index in [2.05, 4.69) is 312 Å². The van der Waals surface area contributed by atoms with Gasteiger partial charge >= 0.3 is 0 Å². The van der Waals surface area contributed by atoms with Crippen molar-refractivity contribution in [3.05, 3.63) is 290 Å². The predicted octanol–water partition coefficient (Wildman–Crippen LogP) is 20.6. The third-order valence-corrected chi connectivity index (χ3v) is 16.9. The summed E-state index contributed by atoms with van der Waals surface area (Å²) in [6.45, 7) is 4.91. The molecule has 2 aromatic heterocycles. The van der Waals surface area contributed by atoms with Gasteiger partial charge in [-0.15, -0.1) is 0 Å². The molecule has 1 aliphatic rings. The Balaban J connectivity index is 0.908. The lowest BCUT2D eigenvalue weighted by Crippen LogP contribution is -2.17. The minimum absolute atomic E-state index is 0.348. The van der Waals surface area contributed by atoms with Gasteiger partial charge in [-0.2, -0.15) is 0 Å². The maximum absolute atomic E-state index is 2.52. The first-order valence-corrected chi connectivity index (χ1v) is 27.4. The normalized spacial score (nSPS) is 12.8. The van der Waals surface area contributed by atoms with E-state index in [-0.39, 0.29) is 5.41 Å².